The zero-order valence-corrected chi connectivity index (χ0v) is 16.0. The van der Waals surface area contributed by atoms with Crippen molar-refractivity contribution in [2.75, 3.05) is 17.3 Å². The highest BCUT2D eigenvalue weighted by molar-refractivity contribution is 7.99. The van der Waals surface area contributed by atoms with Gasteiger partial charge in [-0.2, -0.15) is 0 Å². The summed E-state index contributed by atoms with van der Waals surface area (Å²) in [6.45, 7) is 1.64. The molecule has 1 aliphatic heterocycles. The number of benzene rings is 2. The van der Waals surface area contributed by atoms with E-state index >= 15 is 0 Å². The molecule has 1 aliphatic rings. The molecule has 0 radical (unpaired) electrons. The Balaban J connectivity index is 1.67. The van der Waals surface area contributed by atoms with Gasteiger partial charge in [-0.25, -0.2) is 9.37 Å². The van der Waals surface area contributed by atoms with Crippen LogP contribution < -0.4 is 10.2 Å². The van der Waals surface area contributed by atoms with Crippen LogP contribution in [0.1, 0.15) is 26.3 Å². The van der Waals surface area contributed by atoms with Gasteiger partial charge in [0, 0.05) is 29.4 Å². The van der Waals surface area contributed by atoms with E-state index in [1.165, 1.54) is 23.9 Å². The second kappa shape index (κ2) is 7.09. The Kier molecular flexibility index (Phi) is 4.60. The quantitative estimate of drug-likeness (QED) is 0.695. The summed E-state index contributed by atoms with van der Waals surface area (Å²) in [5, 5.41) is 3.38. The Bertz CT molecular complexity index is 1120. The normalized spacial score (nSPS) is 12.8. The van der Waals surface area contributed by atoms with Crippen LogP contribution in [0.2, 0.25) is 0 Å². The number of carbonyl (C=O) groups is 2. The van der Waals surface area contributed by atoms with Gasteiger partial charge < -0.3 is 10.2 Å². The minimum atomic E-state index is -0.321. The Morgan fingerprint density at radius 1 is 1.18 bits per heavy atom. The van der Waals surface area contributed by atoms with Crippen molar-refractivity contribution in [3.05, 3.63) is 77.2 Å². The van der Waals surface area contributed by atoms with Gasteiger partial charge in [-0.3, -0.25) is 9.59 Å². The topological polar surface area (TPSA) is 62.3 Å². The van der Waals surface area contributed by atoms with Crippen LogP contribution in [0.15, 0.2) is 64.6 Å². The maximum Gasteiger partial charge on any atom is 0.260 e. The lowest BCUT2D eigenvalue weighted by Crippen LogP contribution is -2.26. The van der Waals surface area contributed by atoms with E-state index in [4.69, 9.17) is 0 Å². The minimum absolute atomic E-state index is 0.145. The number of fused-ring (bicyclic) bond motifs is 2. The van der Waals surface area contributed by atoms with Crippen molar-refractivity contribution in [2.24, 2.45) is 0 Å². The number of aryl methyl sites for hydroxylation is 1. The molecule has 140 valence electrons. The van der Waals surface area contributed by atoms with E-state index < -0.39 is 0 Å². The molecule has 0 spiro atoms. The highest BCUT2D eigenvalue weighted by Crippen LogP contribution is 2.40. The number of rotatable bonds is 2. The predicted octanol–water partition coefficient (Wildman–Crippen LogP) is 4.52. The van der Waals surface area contributed by atoms with Crippen LogP contribution in [-0.4, -0.2) is 23.8 Å². The number of anilines is 2. The molecule has 2 aromatic carbocycles. The van der Waals surface area contributed by atoms with Crippen molar-refractivity contribution in [1.29, 1.82) is 0 Å². The van der Waals surface area contributed by atoms with E-state index in [9.17, 15) is 14.0 Å². The van der Waals surface area contributed by atoms with Gasteiger partial charge in [0.25, 0.3) is 11.8 Å². The smallest absolute Gasteiger partial charge is 0.260 e. The molecule has 5 nitrogen and oxygen atoms in total. The van der Waals surface area contributed by atoms with Crippen molar-refractivity contribution >= 4 is 35.0 Å². The highest BCUT2D eigenvalue weighted by Gasteiger charge is 2.26. The first-order valence-electron chi connectivity index (χ1n) is 8.56. The average molecular weight is 393 g/mol. The molecule has 7 heteroatoms. The number of carbonyl (C=O) groups excluding carboxylic acids is 2. The van der Waals surface area contributed by atoms with Crippen LogP contribution in [0.5, 0.6) is 0 Å². The lowest BCUT2D eigenvalue weighted by Gasteiger charge is -2.17. The maximum atomic E-state index is 13.4. The molecule has 1 aromatic heterocycles. The fourth-order valence-electron chi connectivity index (χ4n) is 2.97. The maximum absolute atomic E-state index is 13.4. The van der Waals surface area contributed by atoms with Crippen LogP contribution in [0, 0.1) is 12.7 Å². The number of pyridine rings is 1. The van der Waals surface area contributed by atoms with Crippen LogP contribution in [0.25, 0.3) is 0 Å². The molecular formula is C21H16FN3O2S. The molecule has 0 saturated heterocycles. The standard InChI is InChI=1S/C21H16FN3O2S/c1-12-10-14(6-7-16(12)22)24-19(26)13-5-8-17-18(11-13)28-20-15(4-3-9-23-20)21(27)25(17)2/h3-11H,1-2H3,(H,24,26). The van der Waals surface area contributed by atoms with Crippen molar-refractivity contribution in [2.45, 2.75) is 16.8 Å². The van der Waals surface area contributed by atoms with Gasteiger partial charge in [0.1, 0.15) is 10.8 Å². The van der Waals surface area contributed by atoms with Crippen molar-refractivity contribution in [3.8, 4) is 0 Å². The van der Waals surface area contributed by atoms with Gasteiger partial charge in [0.05, 0.1) is 11.3 Å². The van der Waals surface area contributed by atoms with E-state index in [0.29, 0.717) is 33.1 Å². The first-order chi connectivity index (χ1) is 13.4. The van der Waals surface area contributed by atoms with Gasteiger partial charge in [0.2, 0.25) is 0 Å². The number of hydrogen-bond donors (Lipinski definition) is 1. The third-order valence-electron chi connectivity index (χ3n) is 4.51. The minimum Gasteiger partial charge on any atom is -0.322 e. The molecular weight excluding hydrogens is 377 g/mol. The number of amides is 2. The molecule has 4 rings (SSSR count). The Hall–Kier alpha value is -3.19. The van der Waals surface area contributed by atoms with Gasteiger partial charge in [0.15, 0.2) is 0 Å². The second-order valence-electron chi connectivity index (χ2n) is 6.42. The van der Waals surface area contributed by atoms with E-state index in [1.54, 1.807) is 61.5 Å². The largest absolute Gasteiger partial charge is 0.322 e. The van der Waals surface area contributed by atoms with Crippen LogP contribution >= 0.6 is 11.8 Å². The summed E-state index contributed by atoms with van der Waals surface area (Å²) < 4.78 is 13.4. The molecule has 2 amide bonds. The third kappa shape index (κ3) is 3.25. The van der Waals surface area contributed by atoms with Crippen molar-refractivity contribution in [3.63, 3.8) is 0 Å². The molecule has 2 heterocycles. The van der Waals surface area contributed by atoms with E-state index in [-0.39, 0.29) is 17.6 Å². The number of aromatic nitrogens is 1. The summed E-state index contributed by atoms with van der Waals surface area (Å²) in [4.78, 5) is 32.0. The van der Waals surface area contributed by atoms with Crippen molar-refractivity contribution < 1.29 is 14.0 Å². The number of nitrogens with zero attached hydrogens (tertiary/aromatic N) is 2. The second-order valence-corrected chi connectivity index (χ2v) is 7.45. The van der Waals surface area contributed by atoms with E-state index in [0.717, 1.165) is 4.90 Å². The molecule has 0 bridgehead atoms. The fourth-order valence-corrected chi connectivity index (χ4v) is 4.05. The van der Waals surface area contributed by atoms with Crippen LogP contribution in [0.3, 0.4) is 0 Å². The Morgan fingerprint density at radius 2 is 2.00 bits per heavy atom. The lowest BCUT2D eigenvalue weighted by molar-refractivity contribution is 0.0988. The zero-order chi connectivity index (χ0) is 19.8. The SMILES string of the molecule is Cc1cc(NC(=O)c2ccc3c(c2)Sc2ncccc2C(=O)N3C)ccc1F. The Labute approximate surface area is 165 Å². The molecule has 1 N–H and O–H groups in total. The molecule has 3 aromatic rings. The van der Waals surface area contributed by atoms with E-state index in [2.05, 4.69) is 10.3 Å². The Morgan fingerprint density at radius 3 is 2.79 bits per heavy atom. The number of nitrogens with one attached hydrogen (secondary N) is 1. The lowest BCUT2D eigenvalue weighted by atomic mass is 10.1. The number of halogens is 1. The summed E-state index contributed by atoms with van der Waals surface area (Å²) in [6, 6.07) is 13.0. The monoisotopic (exact) mass is 393 g/mol. The van der Waals surface area contributed by atoms with Gasteiger partial charge in [-0.05, 0) is 61.0 Å². The molecule has 0 saturated carbocycles. The summed E-state index contributed by atoms with van der Waals surface area (Å²) in [5.41, 5.74) is 2.65. The number of hydrogen-bond acceptors (Lipinski definition) is 4. The molecule has 28 heavy (non-hydrogen) atoms. The third-order valence-corrected chi connectivity index (χ3v) is 5.58. The van der Waals surface area contributed by atoms with Crippen LogP contribution in [-0.2, 0) is 0 Å². The van der Waals surface area contributed by atoms with Gasteiger partial charge in [-0.15, -0.1) is 0 Å². The highest BCUT2D eigenvalue weighted by atomic mass is 32.2. The fraction of sp³-hybridized carbons (Fsp3) is 0.0952. The summed E-state index contributed by atoms with van der Waals surface area (Å²) in [6.07, 6.45) is 1.64. The first-order valence-corrected chi connectivity index (χ1v) is 9.38. The summed E-state index contributed by atoms with van der Waals surface area (Å²) in [5.74, 6) is -0.777. The summed E-state index contributed by atoms with van der Waals surface area (Å²) in [7, 11) is 1.70. The molecule has 0 unspecified atom stereocenters. The molecule has 0 atom stereocenters. The van der Waals surface area contributed by atoms with Crippen molar-refractivity contribution in [1.82, 2.24) is 4.98 Å². The van der Waals surface area contributed by atoms with E-state index in [1.807, 2.05) is 0 Å². The predicted molar refractivity (Wildman–Crippen MR) is 107 cm³/mol. The van der Waals surface area contributed by atoms with Gasteiger partial charge in [-0.1, -0.05) is 11.8 Å². The average Bonchev–Trinajstić information content (AvgIpc) is 2.79. The van der Waals surface area contributed by atoms with Gasteiger partial charge >= 0.3 is 0 Å². The first kappa shape index (κ1) is 18.2. The molecule has 0 fully saturated rings. The zero-order valence-electron chi connectivity index (χ0n) is 15.2. The summed E-state index contributed by atoms with van der Waals surface area (Å²) >= 11 is 1.35. The van der Waals surface area contributed by atoms with Crippen LogP contribution in [0.4, 0.5) is 15.8 Å². The molecule has 0 aliphatic carbocycles.